The quantitative estimate of drug-likeness (QED) is 0.570. The third-order valence-electron chi connectivity index (χ3n) is 4.16. The van der Waals surface area contributed by atoms with Gasteiger partial charge in [0.15, 0.2) is 17.9 Å². The molecule has 0 radical (unpaired) electrons. The van der Waals surface area contributed by atoms with Crippen molar-refractivity contribution in [2.75, 3.05) is 6.61 Å². The number of hydrogen-bond donors (Lipinski definition) is 0. The summed E-state index contributed by atoms with van der Waals surface area (Å²) in [6.07, 6.45) is 1.93. The molecule has 0 unspecified atom stereocenters. The summed E-state index contributed by atoms with van der Waals surface area (Å²) in [4.78, 5) is 11.4. The molecule has 3 fully saturated rings. The lowest BCUT2D eigenvalue weighted by Gasteiger charge is -2.36. The second kappa shape index (κ2) is 6.38. The van der Waals surface area contributed by atoms with Crippen LogP contribution in [0.5, 0.6) is 0 Å². The number of fused-ring (bicyclic) bond motifs is 3. The molecule has 7 heteroatoms. The van der Waals surface area contributed by atoms with Gasteiger partial charge in [-0.05, 0) is 41.0 Å². The molecule has 3 aliphatic heterocycles. The van der Waals surface area contributed by atoms with Crippen molar-refractivity contribution < 1.29 is 33.2 Å². The Balaban J connectivity index is 1.72. The van der Waals surface area contributed by atoms with Gasteiger partial charge in [-0.2, -0.15) is 0 Å². The van der Waals surface area contributed by atoms with E-state index in [0.29, 0.717) is 13.0 Å². The predicted molar refractivity (Wildman–Crippen MR) is 82.9 cm³/mol. The highest BCUT2D eigenvalue weighted by Gasteiger charge is 2.60. The summed E-state index contributed by atoms with van der Waals surface area (Å²) >= 11 is 0. The van der Waals surface area contributed by atoms with E-state index in [2.05, 4.69) is 0 Å². The second-order valence-electron chi connectivity index (χ2n) is 7.10. The standard InChI is InChI=1S/C17H26O7/c1-6-19-11(18)9-7-8-10-12-13(22-16(2,3)21-12)14-15(20-10)24-17(4,5)23-14/h7,9-10,12-15H,6,8H2,1-5H3/b9-7+/t10-,12+,13+,14-,15-/m1/s1. The maximum Gasteiger partial charge on any atom is 0.330 e. The minimum absolute atomic E-state index is 0.276. The van der Waals surface area contributed by atoms with Crippen LogP contribution >= 0.6 is 0 Å². The molecule has 0 saturated carbocycles. The molecule has 7 nitrogen and oxygen atoms in total. The normalized spacial score (nSPS) is 39.6. The van der Waals surface area contributed by atoms with Crippen LogP contribution in [0.3, 0.4) is 0 Å². The monoisotopic (exact) mass is 342 g/mol. The molecule has 3 aliphatic rings. The molecular formula is C17H26O7. The molecule has 5 atom stereocenters. The van der Waals surface area contributed by atoms with Gasteiger partial charge in [0.25, 0.3) is 0 Å². The Morgan fingerprint density at radius 2 is 1.62 bits per heavy atom. The summed E-state index contributed by atoms with van der Waals surface area (Å²) in [7, 11) is 0. The van der Waals surface area contributed by atoms with E-state index in [1.807, 2.05) is 27.7 Å². The molecule has 0 aromatic rings. The van der Waals surface area contributed by atoms with Crippen LogP contribution < -0.4 is 0 Å². The molecule has 24 heavy (non-hydrogen) atoms. The van der Waals surface area contributed by atoms with Crippen molar-refractivity contribution in [3.8, 4) is 0 Å². The maximum absolute atomic E-state index is 11.4. The second-order valence-corrected chi connectivity index (χ2v) is 7.10. The summed E-state index contributed by atoms with van der Waals surface area (Å²) < 4.78 is 34.7. The number of carbonyl (C=O) groups excluding carboxylic acids is 1. The van der Waals surface area contributed by atoms with E-state index in [1.165, 1.54) is 6.08 Å². The predicted octanol–water partition coefficient (Wildman–Crippen LogP) is 1.89. The van der Waals surface area contributed by atoms with Gasteiger partial charge < -0.3 is 28.4 Å². The molecule has 0 bridgehead atoms. The molecule has 0 aromatic heterocycles. The van der Waals surface area contributed by atoms with E-state index in [0.717, 1.165) is 0 Å². The fraction of sp³-hybridized carbons (Fsp3) is 0.824. The molecule has 0 spiro atoms. The highest BCUT2D eigenvalue weighted by Crippen LogP contribution is 2.44. The summed E-state index contributed by atoms with van der Waals surface area (Å²) in [5, 5.41) is 0. The van der Waals surface area contributed by atoms with Gasteiger partial charge in [-0.15, -0.1) is 0 Å². The smallest absolute Gasteiger partial charge is 0.330 e. The topological polar surface area (TPSA) is 72.5 Å². The molecule has 3 heterocycles. The number of esters is 1. The summed E-state index contributed by atoms with van der Waals surface area (Å²) in [5.41, 5.74) is 0. The van der Waals surface area contributed by atoms with Gasteiger partial charge in [0.05, 0.1) is 12.7 Å². The Kier molecular flexibility index (Phi) is 4.74. The van der Waals surface area contributed by atoms with E-state index in [4.69, 9.17) is 28.4 Å². The third-order valence-corrected chi connectivity index (χ3v) is 4.16. The van der Waals surface area contributed by atoms with E-state index < -0.39 is 17.9 Å². The van der Waals surface area contributed by atoms with Gasteiger partial charge in [-0.1, -0.05) is 6.08 Å². The first-order valence-electron chi connectivity index (χ1n) is 8.41. The molecule has 0 N–H and O–H groups in total. The lowest BCUT2D eigenvalue weighted by atomic mass is 9.97. The van der Waals surface area contributed by atoms with Crippen LogP contribution in [0.1, 0.15) is 41.0 Å². The van der Waals surface area contributed by atoms with Crippen LogP contribution in [-0.4, -0.2) is 54.9 Å². The third kappa shape index (κ3) is 3.65. The molecule has 136 valence electrons. The molecule has 0 aromatic carbocycles. The summed E-state index contributed by atoms with van der Waals surface area (Å²) in [5.74, 6) is -1.81. The Morgan fingerprint density at radius 3 is 2.33 bits per heavy atom. The summed E-state index contributed by atoms with van der Waals surface area (Å²) in [6, 6.07) is 0. The van der Waals surface area contributed by atoms with Gasteiger partial charge in [0, 0.05) is 6.08 Å². The zero-order chi connectivity index (χ0) is 17.5. The fourth-order valence-corrected chi connectivity index (χ4v) is 3.37. The highest BCUT2D eigenvalue weighted by atomic mass is 16.9. The summed E-state index contributed by atoms with van der Waals surface area (Å²) in [6.45, 7) is 9.55. The van der Waals surface area contributed by atoms with Crippen molar-refractivity contribution in [1.82, 2.24) is 0 Å². The van der Waals surface area contributed by atoms with Crippen molar-refractivity contribution in [2.45, 2.75) is 83.3 Å². The van der Waals surface area contributed by atoms with Crippen molar-refractivity contribution >= 4 is 5.97 Å². The van der Waals surface area contributed by atoms with E-state index in [1.54, 1.807) is 13.0 Å². The molecule has 0 aliphatic carbocycles. The fourth-order valence-electron chi connectivity index (χ4n) is 3.37. The van der Waals surface area contributed by atoms with Gasteiger partial charge in [0.1, 0.15) is 18.3 Å². The van der Waals surface area contributed by atoms with E-state index in [-0.39, 0.29) is 30.4 Å². The molecule has 0 amide bonds. The van der Waals surface area contributed by atoms with Crippen molar-refractivity contribution in [1.29, 1.82) is 0 Å². The van der Waals surface area contributed by atoms with Gasteiger partial charge in [-0.25, -0.2) is 4.79 Å². The largest absolute Gasteiger partial charge is 0.463 e. The Morgan fingerprint density at radius 1 is 1.00 bits per heavy atom. The average molecular weight is 342 g/mol. The van der Waals surface area contributed by atoms with Crippen LogP contribution in [0.4, 0.5) is 0 Å². The first-order chi connectivity index (χ1) is 11.2. The van der Waals surface area contributed by atoms with Crippen molar-refractivity contribution in [2.24, 2.45) is 0 Å². The van der Waals surface area contributed by atoms with Gasteiger partial charge in [-0.3, -0.25) is 0 Å². The number of rotatable bonds is 4. The highest BCUT2D eigenvalue weighted by molar-refractivity contribution is 5.81. The number of ether oxygens (including phenoxy) is 6. The minimum atomic E-state index is -0.731. The average Bonchev–Trinajstić information content (AvgIpc) is 2.93. The van der Waals surface area contributed by atoms with Crippen LogP contribution in [0, 0.1) is 0 Å². The van der Waals surface area contributed by atoms with E-state index in [9.17, 15) is 4.79 Å². The number of carbonyl (C=O) groups is 1. The van der Waals surface area contributed by atoms with Crippen LogP contribution in [0.25, 0.3) is 0 Å². The molecular weight excluding hydrogens is 316 g/mol. The zero-order valence-corrected chi connectivity index (χ0v) is 14.8. The van der Waals surface area contributed by atoms with Crippen LogP contribution in [0.15, 0.2) is 12.2 Å². The first kappa shape index (κ1) is 17.8. The molecule has 3 rings (SSSR count). The minimum Gasteiger partial charge on any atom is -0.463 e. The first-order valence-corrected chi connectivity index (χ1v) is 8.41. The van der Waals surface area contributed by atoms with Crippen molar-refractivity contribution in [3.63, 3.8) is 0 Å². The Labute approximate surface area is 142 Å². The lowest BCUT2D eigenvalue weighted by molar-refractivity contribution is -0.232. The lowest BCUT2D eigenvalue weighted by Crippen LogP contribution is -2.54. The zero-order valence-electron chi connectivity index (χ0n) is 14.8. The van der Waals surface area contributed by atoms with Crippen LogP contribution in [0.2, 0.25) is 0 Å². The van der Waals surface area contributed by atoms with Gasteiger partial charge in [0.2, 0.25) is 0 Å². The Bertz CT molecular complexity index is 513. The van der Waals surface area contributed by atoms with Crippen molar-refractivity contribution in [3.05, 3.63) is 12.2 Å². The van der Waals surface area contributed by atoms with E-state index >= 15 is 0 Å². The Hall–Kier alpha value is -0.990. The number of hydrogen-bond acceptors (Lipinski definition) is 7. The van der Waals surface area contributed by atoms with Gasteiger partial charge >= 0.3 is 5.97 Å². The maximum atomic E-state index is 11.4. The van der Waals surface area contributed by atoms with Crippen LogP contribution in [-0.2, 0) is 33.2 Å². The molecule has 3 saturated heterocycles. The SMILES string of the molecule is CCOC(=O)/C=C/C[C@H]1O[C@@H]2OC(C)(C)O[C@@H]2[C@H]2OC(C)(C)O[C@H]21.